The van der Waals surface area contributed by atoms with Crippen LogP contribution in [0.25, 0.3) is 4.96 Å². The summed E-state index contributed by atoms with van der Waals surface area (Å²) >= 11 is 1.37. The molecule has 0 bridgehead atoms. The first-order valence-corrected chi connectivity index (χ1v) is 10.7. The molecule has 8 nitrogen and oxygen atoms in total. The Bertz CT molecular complexity index is 1300. The van der Waals surface area contributed by atoms with Gasteiger partial charge in [0, 0.05) is 17.6 Å². The van der Waals surface area contributed by atoms with Gasteiger partial charge in [0.25, 0.3) is 11.5 Å². The van der Waals surface area contributed by atoms with E-state index in [4.69, 9.17) is 14.2 Å². The third kappa shape index (κ3) is 5.06. The molecule has 0 radical (unpaired) electrons. The highest BCUT2D eigenvalue weighted by atomic mass is 32.1. The van der Waals surface area contributed by atoms with Crippen LogP contribution in [0.15, 0.2) is 64.9 Å². The molecule has 0 atom stereocenters. The van der Waals surface area contributed by atoms with Gasteiger partial charge >= 0.3 is 0 Å². The van der Waals surface area contributed by atoms with Crippen LogP contribution < -0.4 is 25.1 Å². The van der Waals surface area contributed by atoms with Gasteiger partial charge in [0.15, 0.2) is 11.6 Å². The van der Waals surface area contributed by atoms with Crippen molar-refractivity contribution >= 4 is 27.9 Å². The number of nitrogens with zero attached hydrogens (tertiary/aromatic N) is 2. The van der Waals surface area contributed by atoms with E-state index in [1.165, 1.54) is 21.8 Å². The van der Waals surface area contributed by atoms with Gasteiger partial charge in [0.2, 0.25) is 0 Å². The number of fused-ring (bicyclic) bond motifs is 1. The van der Waals surface area contributed by atoms with Crippen LogP contribution in [0.2, 0.25) is 0 Å². The maximum Gasteiger partial charge on any atom is 0.262 e. The lowest BCUT2D eigenvalue weighted by atomic mass is 10.2. The lowest BCUT2D eigenvalue weighted by molar-refractivity contribution is -0.118. The number of amides is 1. The maximum absolute atomic E-state index is 12.4. The fourth-order valence-corrected chi connectivity index (χ4v) is 3.73. The number of nitrogens with one attached hydrogen (secondary N) is 1. The van der Waals surface area contributed by atoms with Gasteiger partial charge in [-0.3, -0.25) is 14.0 Å². The van der Waals surface area contributed by atoms with Gasteiger partial charge in [-0.1, -0.05) is 6.07 Å². The Hall–Kier alpha value is -3.85. The van der Waals surface area contributed by atoms with Crippen molar-refractivity contribution in [1.29, 1.82) is 0 Å². The van der Waals surface area contributed by atoms with E-state index in [0.29, 0.717) is 33.6 Å². The molecule has 2 aromatic heterocycles. The number of ether oxygens (including phenoxy) is 3. The second-order valence-electron chi connectivity index (χ2n) is 6.94. The highest BCUT2D eigenvalue weighted by molar-refractivity contribution is 7.15. The quantitative estimate of drug-likeness (QED) is 0.440. The van der Waals surface area contributed by atoms with Gasteiger partial charge in [-0.05, 0) is 48.9 Å². The monoisotopic (exact) mass is 451 g/mol. The minimum Gasteiger partial charge on any atom is -0.497 e. The van der Waals surface area contributed by atoms with Crippen molar-refractivity contribution in [3.05, 3.63) is 81.7 Å². The minimum absolute atomic E-state index is 0.0952. The van der Waals surface area contributed by atoms with E-state index in [1.807, 2.05) is 19.1 Å². The van der Waals surface area contributed by atoms with Crippen molar-refractivity contribution in [2.24, 2.45) is 0 Å². The van der Waals surface area contributed by atoms with Gasteiger partial charge in [0.1, 0.15) is 23.9 Å². The number of carbonyl (C=O) groups excluding carboxylic acids is 1. The smallest absolute Gasteiger partial charge is 0.262 e. The molecule has 4 aromatic rings. The maximum atomic E-state index is 12.4. The molecular formula is C23H21N3O5S. The molecule has 4 rings (SSSR count). The van der Waals surface area contributed by atoms with E-state index >= 15 is 0 Å². The van der Waals surface area contributed by atoms with Gasteiger partial charge in [-0.2, -0.15) is 0 Å². The molecule has 1 N–H and O–H groups in total. The summed E-state index contributed by atoms with van der Waals surface area (Å²) in [5, 5.41) is 4.62. The topological polar surface area (TPSA) is 91.2 Å². The van der Waals surface area contributed by atoms with Crippen LogP contribution in [0.4, 0.5) is 5.69 Å². The van der Waals surface area contributed by atoms with Gasteiger partial charge in [0.05, 0.1) is 18.5 Å². The van der Waals surface area contributed by atoms with Crippen molar-refractivity contribution in [3.8, 4) is 17.2 Å². The molecule has 0 aliphatic carbocycles. The normalized spacial score (nSPS) is 10.7. The zero-order valence-electron chi connectivity index (χ0n) is 17.5. The average molecular weight is 452 g/mol. The molecule has 164 valence electrons. The molecule has 2 aromatic carbocycles. The van der Waals surface area contributed by atoms with Crippen molar-refractivity contribution < 1.29 is 19.0 Å². The predicted octanol–water partition coefficient (Wildman–Crippen LogP) is 3.67. The number of carbonyl (C=O) groups is 1. The number of methoxy groups -OCH3 is 1. The Labute approximate surface area is 188 Å². The molecule has 32 heavy (non-hydrogen) atoms. The van der Waals surface area contributed by atoms with E-state index in [0.717, 1.165) is 5.56 Å². The van der Waals surface area contributed by atoms with E-state index in [9.17, 15) is 9.59 Å². The zero-order chi connectivity index (χ0) is 22.5. The van der Waals surface area contributed by atoms with Crippen LogP contribution in [0.1, 0.15) is 11.3 Å². The number of rotatable bonds is 8. The highest BCUT2D eigenvalue weighted by Gasteiger charge is 2.11. The predicted molar refractivity (Wildman–Crippen MR) is 122 cm³/mol. The number of anilines is 1. The SMILES string of the molecule is COc1ccc(OCC(=O)Nc2cc(C)ccc2OCc2cc(=O)n3ccsc3n2)cc1. The van der Waals surface area contributed by atoms with Crippen molar-refractivity contribution in [3.63, 3.8) is 0 Å². The second kappa shape index (κ2) is 9.52. The van der Waals surface area contributed by atoms with E-state index in [-0.39, 0.29) is 24.7 Å². The molecule has 0 fully saturated rings. The summed E-state index contributed by atoms with van der Waals surface area (Å²) in [5.41, 5.74) is 1.82. The Balaban J connectivity index is 1.41. The third-order valence-electron chi connectivity index (χ3n) is 4.57. The summed E-state index contributed by atoms with van der Waals surface area (Å²) < 4.78 is 18.0. The summed E-state index contributed by atoms with van der Waals surface area (Å²) in [7, 11) is 1.58. The van der Waals surface area contributed by atoms with Gasteiger partial charge < -0.3 is 19.5 Å². The number of hydrogen-bond acceptors (Lipinski definition) is 7. The number of aryl methyl sites for hydroxylation is 1. The van der Waals surface area contributed by atoms with Crippen LogP contribution in [0, 0.1) is 6.92 Å². The Morgan fingerprint density at radius 1 is 1.09 bits per heavy atom. The molecule has 2 heterocycles. The molecule has 0 unspecified atom stereocenters. The zero-order valence-corrected chi connectivity index (χ0v) is 18.3. The highest BCUT2D eigenvalue weighted by Crippen LogP contribution is 2.26. The lowest BCUT2D eigenvalue weighted by Gasteiger charge is -2.14. The van der Waals surface area contributed by atoms with Crippen LogP contribution in [-0.4, -0.2) is 29.0 Å². The fraction of sp³-hybridized carbons (Fsp3) is 0.174. The number of aromatic nitrogens is 2. The van der Waals surface area contributed by atoms with Gasteiger partial charge in [-0.15, -0.1) is 11.3 Å². The van der Waals surface area contributed by atoms with Crippen LogP contribution in [-0.2, 0) is 11.4 Å². The standard InChI is InChI=1S/C23H21N3O5S/c1-15-3-8-20(31-13-16-12-22(28)26-9-10-32-23(26)24-16)19(11-15)25-21(27)14-30-18-6-4-17(29-2)5-7-18/h3-12H,13-14H2,1-2H3,(H,25,27). The summed E-state index contributed by atoms with van der Waals surface area (Å²) in [6, 6.07) is 13.9. The fourth-order valence-electron chi connectivity index (χ4n) is 2.99. The Kier molecular flexibility index (Phi) is 6.37. The Morgan fingerprint density at radius 2 is 1.88 bits per heavy atom. The minimum atomic E-state index is -0.326. The summed E-state index contributed by atoms with van der Waals surface area (Å²) in [6.45, 7) is 1.85. The molecule has 0 saturated carbocycles. The molecule has 0 aliphatic rings. The molecule has 9 heteroatoms. The first-order valence-electron chi connectivity index (χ1n) is 9.78. The van der Waals surface area contributed by atoms with Crippen LogP contribution in [0.5, 0.6) is 17.2 Å². The summed E-state index contributed by atoms with van der Waals surface area (Å²) in [4.78, 5) is 29.6. The summed E-state index contributed by atoms with van der Waals surface area (Å²) in [5.74, 6) is 1.41. The lowest BCUT2D eigenvalue weighted by Crippen LogP contribution is -2.20. The van der Waals surface area contributed by atoms with Crippen molar-refractivity contribution in [2.45, 2.75) is 13.5 Å². The van der Waals surface area contributed by atoms with Crippen LogP contribution in [0.3, 0.4) is 0 Å². The van der Waals surface area contributed by atoms with E-state index in [2.05, 4.69) is 10.3 Å². The van der Waals surface area contributed by atoms with Crippen molar-refractivity contribution in [2.75, 3.05) is 19.0 Å². The van der Waals surface area contributed by atoms with E-state index in [1.54, 1.807) is 49.0 Å². The van der Waals surface area contributed by atoms with Crippen LogP contribution >= 0.6 is 11.3 Å². The molecule has 0 saturated heterocycles. The number of thiazole rings is 1. The van der Waals surface area contributed by atoms with Gasteiger partial charge in [-0.25, -0.2) is 4.98 Å². The summed E-state index contributed by atoms with van der Waals surface area (Å²) in [6.07, 6.45) is 1.68. The Morgan fingerprint density at radius 3 is 2.66 bits per heavy atom. The molecular weight excluding hydrogens is 430 g/mol. The number of hydrogen-bond donors (Lipinski definition) is 1. The van der Waals surface area contributed by atoms with E-state index < -0.39 is 0 Å². The second-order valence-corrected chi connectivity index (χ2v) is 7.81. The van der Waals surface area contributed by atoms with Crippen molar-refractivity contribution in [1.82, 2.24) is 9.38 Å². The first kappa shape index (κ1) is 21.4. The average Bonchev–Trinajstić information content (AvgIpc) is 3.27. The first-order chi connectivity index (χ1) is 15.5. The molecule has 0 spiro atoms. The number of benzene rings is 2. The molecule has 1 amide bonds. The largest absolute Gasteiger partial charge is 0.497 e. The third-order valence-corrected chi connectivity index (χ3v) is 5.33. The molecule has 0 aliphatic heterocycles.